The molecule has 2 rings (SSSR count). The van der Waals surface area contributed by atoms with E-state index in [1.54, 1.807) is 7.11 Å². The number of methoxy groups -OCH3 is 1. The molecule has 0 heterocycles. The molecule has 4 atom stereocenters. The molecule has 0 aromatic carbocycles. The van der Waals surface area contributed by atoms with Gasteiger partial charge in [0.05, 0.1) is 12.2 Å². The smallest absolute Gasteiger partial charge is 0.146 e. The third-order valence-corrected chi connectivity index (χ3v) is 4.67. The molecule has 0 spiro atoms. The number of hydrogen-bond donors (Lipinski definition) is 1. The van der Waals surface area contributed by atoms with Crippen molar-refractivity contribution in [2.75, 3.05) is 13.9 Å². The van der Waals surface area contributed by atoms with Crippen molar-refractivity contribution < 1.29 is 14.6 Å². The highest BCUT2D eigenvalue weighted by Gasteiger charge is 2.55. The van der Waals surface area contributed by atoms with Crippen molar-refractivity contribution in [1.82, 2.24) is 0 Å². The molecule has 0 bridgehead atoms. The number of ether oxygens (including phenoxy) is 2. The summed E-state index contributed by atoms with van der Waals surface area (Å²) in [5.74, 6) is 0.589. The zero-order valence-corrected chi connectivity index (χ0v) is 10.7. The average molecular weight is 240 g/mol. The van der Waals surface area contributed by atoms with Crippen LogP contribution in [0.5, 0.6) is 0 Å². The monoisotopic (exact) mass is 240 g/mol. The first kappa shape index (κ1) is 13.1. The van der Waals surface area contributed by atoms with Gasteiger partial charge in [-0.2, -0.15) is 0 Å². The van der Waals surface area contributed by atoms with E-state index in [4.69, 9.17) is 9.47 Å². The Labute approximate surface area is 104 Å². The molecule has 2 saturated carbocycles. The largest absolute Gasteiger partial charge is 0.392 e. The van der Waals surface area contributed by atoms with Crippen LogP contribution in [0.2, 0.25) is 0 Å². The topological polar surface area (TPSA) is 38.7 Å². The average Bonchev–Trinajstić information content (AvgIpc) is 2.68. The highest BCUT2D eigenvalue weighted by Crippen LogP contribution is 2.55. The number of aliphatic hydroxyl groups excluding tert-OH is 1. The first-order valence-electron chi connectivity index (χ1n) is 6.65. The van der Waals surface area contributed by atoms with Gasteiger partial charge >= 0.3 is 0 Å². The molecule has 3 heteroatoms. The van der Waals surface area contributed by atoms with Gasteiger partial charge in [0.15, 0.2) is 0 Å². The van der Waals surface area contributed by atoms with Crippen molar-refractivity contribution in [3.05, 3.63) is 12.7 Å². The zero-order valence-electron chi connectivity index (χ0n) is 10.7. The first-order valence-corrected chi connectivity index (χ1v) is 6.65. The Balaban J connectivity index is 2.18. The van der Waals surface area contributed by atoms with E-state index in [0.29, 0.717) is 12.7 Å². The van der Waals surface area contributed by atoms with Crippen LogP contribution in [0.4, 0.5) is 0 Å². The molecule has 0 aliphatic heterocycles. The van der Waals surface area contributed by atoms with Crippen LogP contribution in [-0.4, -0.2) is 31.2 Å². The fourth-order valence-electron chi connectivity index (χ4n) is 3.95. The molecule has 2 aliphatic rings. The van der Waals surface area contributed by atoms with Gasteiger partial charge < -0.3 is 14.6 Å². The number of rotatable bonds is 5. The maximum Gasteiger partial charge on any atom is 0.146 e. The molecule has 0 aromatic rings. The highest BCUT2D eigenvalue weighted by molar-refractivity contribution is 5.07. The van der Waals surface area contributed by atoms with Gasteiger partial charge in [-0.05, 0) is 38.0 Å². The SMILES string of the molecule is C=CC[C@]12[C@H](CCC[C@H]1O)CC[C@@H]2OCOC. The third-order valence-electron chi connectivity index (χ3n) is 4.67. The molecule has 17 heavy (non-hydrogen) atoms. The lowest BCUT2D eigenvalue weighted by atomic mass is 9.63. The standard InChI is InChI=1S/C14H24O3/c1-3-9-14-11(5-4-6-12(14)15)7-8-13(14)17-10-16-2/h3,11-13,15H,1,4-10H2,2H3/t11-,12-,13+,14+/m1/s1. The molecule has 3 nitrogen and oxygen atoms in total. The van der Waals surface area contributed by atoms with Gasteiger partial charge in [-0.3, -0.25) is 0 Å². The Morgan fingerprint density at radius 2 is 2.18 bits per heavy atom. The quantitative estimate of drug-likeness (QED) is 0.592. The molecule has 2 fully saturated rings. The summed E-state index contributed by atoms with van der Waals surface area (Å²) in [4.78, 5) is 0. The summed E-state index contributed by atoms with van der Waals surface area (Å²) < 4.78 is 10.8. The predicted molar refractivity (Wildman–Crippen MR) is 66.6 cm³/mol. The Morgan fingerprint density at radius 3 is 2.88 bits per heavy atom. The van der Waals surface area contributed by atoms with Crippen molar-refractivity contribution in [2.45, 2.75) is 50.7 Å². The van der Waals surface area contributed by atoms with Crippen molar-refractivity contribution in [3.63, 3.8) is 0 Å². The lowest BCUT2D eigenvalue weighted by Gasteiger charge is -2.46. The summed E-state index contributed by atoms with van der Waals surface area (Å²) in [6.07, 6.45) is 8.14. The normalized spacial score (nSPS) is 41.2. The zero-order chi connectivity index (χ0) is 12.3. The lowest BCUT2D eigenvalue weighted by Crippen LogP contribution is -2.49. The van der Waals surface area contributed by atoms with Crippen LogP contribution in [-0.2, 0) is 9.47 Å². The molecule has 1 N–H and O–H groups in total. The molecule has 2 aliphatic carbocycles. The van der Waals surface area contributed by atoms with Gasteiger partial charge in [0.1, 0.15) is 6.79 Å². The Bertz CT molecular complexity index is 266. The molecular formula is C14H24O3. The maximum atomic E-state index is 10.5. The number of fused-ring (bicyclic) bond motifs is 1. The molecule has 0 unspecified atom stereocenters. The fraction of sp³-hybridized carbons (Fsp3) is 0.857. The van der Waals surface area contributed by atoms with Crippen molar-refractivity contribution in [1.29, 1.82) is 0 Å². The molecule has 0 amide bonds. The Morgan fingerprint density at radius 1 is 1.35 bits per heavy atom. The van der Waals surface area contributed by atoms with E-state index >= 15 is 0 Å². The van der Waals surface area contributed by atoms with E-state index in [0.717, 1.165) is 25.7 Å². The molecule has 98 valence electrons. The van der Waals surface area contributed by atoms with E-state index in [-0.39, 0.29) is 17.6 Å². The molecular weight excluding hydrogens is 216 g/mol. The van der Waals surface area contributed by atoms with Crippen LogP contribution in [0.3, 0.4) is 0 Å². The molecule has 0 radical (unpaired) electrons. The second kappa shape index (κ2) is 5.51. The van der Waals surface area contributed by atoms with Gasteiger partial charge in [-0.15, -0.1) is 6.58 Å². The van der Waals surface area contributed by atoms with Gasteiger partial charge in [0.2, 0.25) is 0 Å². The predicted octanol–water partition coefficient (Wildman–Crippen LogP) is 2.49. The summed E-state index contributed by atoms with van der Waals surface area (Å²) in [6.45, 7) is 4.18. The van der Waals surface area contributed by atoms with E-state index < -0.39 is 0 Å². The summed E-state index contributed by atoms with van der Waals surface area (Å²) in [7, 11) is 1.64. The van der Waals surface area contributed by atoms with Gasteiger partial charge in [0, 0.05) is 12.5 Å². The minimum absolute atomic E-state index is 0.0987. The summed E-state index contributed by atoms with van der Waals surface area (Å²) in [5.41, 5.74) is -0.0987. The van der Waals surface area contributed by atoms with Gasteiger partial charge in [0.25, 0.3) is 0 Å². The summed E-state index contributed by atoms with van der Waals surface area (Å²) >= 11 is 0. The van der Waals surface area contributed by atoms with E-state index in [1.807, 2.05) is 6.08 Å². The van der Waals surface area contributed by atoms with Crippen LogP contribution in [0.1, 0.15) is 38.5 Å². The summed E-state index contributed by atoms with van der Waals surface area (Å²) in [6, 6.07) is 0. The van der Waals surface area contributed by atoms with Crippen LogP contribution < -0.4 is 0 Å². The van der Waals surface area contributed by atoms with Crippen molar-refractivity contribution in [3.8, 4) is 0 Å². The first-order chi connectivity index (χ1) is 8.25. The van der Waals surface area contributed by atoms with E-state index in [2.05, 4.69) is 6.58 Å². The third kappa shape index (κ3) is 2.16. The second-order valence-electron chi connectivity index (χ2n) is 5.39. The molecule has 0 aromatic heterocycles. The van der Waals surface area contributed by atoms with Gasteiger partial charge in [-0.1, -0.05) is 12.5 Å². The maximum absolute atomic E-state index is 10.5. The van der Waals surface area contributed by atoms with Crippen LogP contribution in [0.25, 0.3) is 0 Å². The number of aliphatic hydroxyl groups is 1. The number of allylic oxidation sites excluding steroid dienone is 1. The minimum Gasteiger partial charge on any atom is -0.392 e. The number of hydrogen-bond acceptors (Lipinski definition) is 3. The second-order valence-corrected chi connectivity index (χ2v) is 5.39. The Hall–Kier alpha value is -0.380. The van der Waals surface area contributed by atoms with E-state index in [1.165, 1.54) is 12.8 Å². The van der Waals surface area contributed by atoms with Crippen LogP contribution >= 0.6 is 0 Å². The van der Waals surface area contributed by atoms with Crippen LogP contribution in [0, 0.1) is 11.3 Å². The van der Waals surface area contributed by atoms with Crippen LogP contribution in [0.15, 0.2) is 12.7 Å². The Kier molecular flexibility index (Phi) is 4.23. The highest BCUT2D eigenvalue weighted by atomic mass is 16.7. The van der Waals surface area contributed by atoms with Gasteiger partial charge in [-0.25, -0.2) is 0 Å². The summed E-state index contributed by atoms with van der Waals surface area (Å²) in [5, 5.41) is 10.5. The minimum atomic E-state index is -0.247. The van der Waals surface area contributed by atoms with Crippen molar-refractivity contribution in [2.24, 2.45) is 11.3 Å². The lowest BCUT2D eigenvalue weighted by molar-refractivity contribution is -0.158. The van der Waals surface area contributed by atoms with Crippen molar-refractivity contribution >= 4 is 0 Å². The fourth-order valence-corrected chi connectivity index (χ4v) is 3.95. The molecule has 0 saturated heterocycles. The van der Waals surface area contributed by atoms with E-state index in [9.17, 15) is 5.11 Å².